The van der Waals surface area contributed by atoms with Gasteiger partial charge in [-0.2, -0.15) is 0 Å². The van der Waals surface area contributed by atoms with Gasteiger partial charge < -0.3 is 19.4 Å². The van der Waals surface area contributed by atoms with Crippen molar-refractivity contribution >= 4 is 11.8 Å². The molecule has 0 radical (unpaired) electrons. The monoisotopic (exact) mass is 492 g/mol. The van der Waals surface area contributed by atoms with E-state index in [9.17, 15) is 14.0 Å². The molecule has 1 atom stereocenters. The van der Waals surface area contributed by atoms with Crippen molar-refractivity contribution in [1.82, 2.24) is 10.2 Å². The molecule has 2 aromatic carbocycles. The summed E-state index contributed by atoms with van der Waals surface area (Å²) >= 11 is 0. The Morgan fingerprint density at radius 2 is 1.92 bits per heavy atom. The smallest absolute Gasteiger partial charge is 0.286 e. The Morgan fingerprint density at radius 1 is 1.14 bits per heavy atom. The van der Waals surface area contributed by atoms with Crippen LogP contribution in [0.15, 0.2) is 59.0 Å². The largest absolute Gasteiger partial charge is 0.486 e. The van der Waals surface area contributed by atoms with Crippen molar-refractivity contribution in [2.24, 2.45) is 5.92 Å². The molecule has 0 spiro atoms. The second-order valence-corrected chi connectivity index (χ2v) is 9.56. The Hall–Kier alpha value is -3.61. The van der Waals surface area contributed by atoms with Gasteiger partial charge >= 0.3 is 0 Å². The quantitative estimate of drug-likeness (QED) is 0.419. The molecule has 36 heavy (non-hydrogen) atoms. The van der Waals surface area contributed by atoms with Crippen molar-refractivity contribution in [2.75, 3.05) is 13.1 Å². The highest BCUT2D eigenvalue weighted by Gasteiger charge is 2.32. The maximum Gasteiger partial charge on any atom is 0.286 e. The van der Waals surface area contributed by atoms with Crippen LogP contribution in [0.25, 0.3) is 0 Å². The van der Waals surface area contributed by atoms with Crippen LogP contribution in [-0.2, 0) is 17.8 Å². The number of halogens is 1. The molecule has 0 unspecified atom stereocenters. The molecule has 0 fully saturated rings. The molecule has 0 aliphatic carbocycles. The maximum absolute atomic E-state index is 13.7. The van der Waals surface area contributed by atoms with Crippen molar-refractivity contribution in [3.8, 4) is 5.75 Å². The minimum atomic E-state index is -0.318. The van der Waals surface area contributed by atoms with Crippen LogP contribution in [0.4, 0.5) is 4.39 Å². The third-order valence-corrected chi connectivity index (χ3v) is 6.24. The van der Waals surface area contributed by atoms with E-state index in [4.69, 9.17) is 9.15 Å². The number of ether oxygens (including phenoxy) is 1. The number of furan rings is 1. The number of rotatable bonds is 9. The van der Waals surface area contributed by atoms with E-state index in [0.717, 1.165) is 29.5 Å². The molecule has 1 aliphatic heterocycles. The zero-order valence-electron chi connectivity index (χ0n) is 21.1. The summed E-state index contributed by atoms with van der Waals surface area (Å²) in [5, 5.41) is 2.79. The lowest BCUT2D eigenvalue weighted by atomic mass is 9.87. The molecule has 190 valence electrons. The third kappa shape index (κ3) is 5.96. The van der Waals surface area contributed by atoms with Crippen molar-refractivity contribution in [3.63, 3.8) is 0 Å². The molecule has 1 N–H and O–H groups in total. The van der Waals surface area contributed by atoms with Crippen molar-refractivity contribution in [1.29, 1.82) is 0 Å². The molecular formula is C29H33FN2O4. The Bertz CT molecular complexity index is 1200. The number of hydrogen-bond donors (Lipinski definition) is 1. The molecule has 2 amide bonds. The average Bonchev–Trinajstić information content (AvgIpc) is 3.34. The van der Waals surface area contributed by atoms with Gasteiger partial charge in [0.2, 0.25) is 5.91 Å². The predicted molar refractivity (Wildman–Crippen MR) is 135 cm³/mol. The molecule has 3 aromatic rings. The number of amides is 2. The Labute approximate surface area is 211 Å². The van der Waals surface area contributed by atoms with Gasteiger partial charge in [0.05, 0.1) is 6.04 Å². The average molecular weight is 493 g/mol. The Morgan fingerprint density at radius 3 is 2.64 bits per heavy atom. The Kier molecular flexibility index (Phi) is 8.08. The molecule has 1 aliphatic rings. The summed E-state index contributed by atoms with van der Waals surface area (Å²) in [6.07, 6.45) is 2.04. The van der Waals surface area contributed by atoms with Crippen LogP contribution < -0.4 is 10.1 Å². The summed E-state index contributed by atoms with van der Waals surface area (Å²) in [4.78, 5) is 27.2. The SMILES string of the molecule is CCCNC(=O)c1ccc(COc2ccc3c(c2)[C@H](c2ccc(F)cc2)N(C(=O)CC(C)C)CC3)o1. The second-order valence-electron chi connectivity index (χ2n) is 9.56. The fourth-order valence-electron chi connectivity index (χ4n) is 4.48. The van der Waals surface area contributed by atoms with Gasteiger partial charge in [-0.25, -0.2) is 4.39 Å². The molecule has 0 bridgehead atoms. The van der Waals surface area contributed by atoms with E-state index in [0.29, 0.717) is 31.0 Å². The number of nitrogens with one attached hydrogen (secondary N) is 1. The van der Waals surface area contributed by atoms with E-state index in [1.54, 1.807) is 24.3 Å². The predicted octanol–water partition coefficient (Wildman–Crippen LogP) is 5.66. The van der Waals surface area contributed by atoms with Gasteiger partial charge in [-0.1, -0.05) is 39.0 Å². The fourth-order valence-corrected chi connectivity index (χ4v) is 4.48. The van der Waals surface area contributed by atoms with Gasteiger partial charge in [-0.15, -0.1) is 0 Å². The van der Waals surface area contributed by atoms with Crippen LogP contribution in [0, 0.1) is 11.7 Å². The van der Waals surface area contributed by atoms with E-state index in [1.807, 2.05) is 43.9 Å². The van der Waals surface area contributed by atoms with E-state index in [2.05, 4.69) is 5.32 Å². The summed E-state index contributed by atoms with van der Waals surface area (Å²) in [5.41, 5.74) is 2.97. The highest BCUT2D eigenvalue weighted by molar-refractivity contribution is 5.91. The highest BCUT2D eigenvalue weighted by Crippen LogP contribution is 2.38. The van der Waals surface area contributed by atoms with Crippen molar-refractivity contribution in [2.45, 2.75) is 52.7 Å². The van der Waals surface area contributed by atoms with Gasteiger partial charge in [0.25, 0.3) is 5.91 Å². The van der Waals surface area contributed by atoms with Gasteiger partial charge in [0.1, 0.15) is 23.9 Å². The topological polar surface area (TPSA) is 71.8 Å². The molecule has 2 heterocycles. The summed E-state index contributed by atoms with van der Waals surface area (Å²) in [5.74, 6) is 1.19. The first-order chi connectivity index (χ1) is 17.4. The van der Waals surface area contributed by atoms with Gasteiger partial charge in [0.15, 0.2) is 5.76 Å². The van der Waals surface area contributed by atoms with Crippen LogP contribution in [0.1, 0.15) is 72.7 Å². The van der Waals surface area contributed by atoms with Gasteiger partial charge in [-0.05, 0) is 71.8 Å². The fraction of sp³-hybridized carbons (Fsp3) is 0.379. The molecular weight excluding hydrogens is 459 g/mol. The standard InChI is InChI=1S/C29H33FN2O4/c1-4-14-31-29(34)26-12-11-24(36-26)18-35-23-10-7-20-13-15-32(27(33)16-19(2)3)28(25(20)17-23)21-5-8-22(30)9-6-21/h5-12,17,19,28H,4,13-16,18H2,1-3H3,(H,31,34)/t28-/m0/s1. The van der Waals surface area contributed by atoms with Gasteiger partial charge in [-0.3, -0.25) is 9.59 Å². The number of nitrogens with zero attached hydrogens (tertiary/aromatic N) is 1. The number of fused-ring (bicyclic) bond motifs is 1. The summed E-state index contributed by atoms with van der Waals surface area (Å²) in [6.45, 7) is 7.41. The number of hydrogen-bond acceptors (Lipinski definition) is 4. The lowest BCUT2D eigenvalue weighted by Crippen LogP contribution is -2.41. The zero-order chi connectivity index (χ0) is 25.7. The van der Waals surface area contributed by atoms with E-state index in [-0.39, 0.29) is 42.0 Å². The third-order valence-electron chi connectivity index (χ3n) is 6.24. The number of benzene rings is 2. The summed E-state index contributed by atoms with van der Waals surface area (Å²) in [6, 6.07) is 15.3. The molecule has 7 heteroatoms. The van der Waals surface area contributed by atoms with Crippen LogP contribution >= 0.6 is 0 Å². The molecule has 6 nitrogen and oxygen atoms in total. The van der Waals surface area contributed by atoms with E-state index < -0.39 is 0 Å². The first kappa shape index (κ1) is 25.5. The summed E-state index contributed by atoms with van der Waals surface area (Å²) in [7, 11) is 0. The zero-order valence-corrected chi connectivity index (χ0v) is 21.1. The first-order valence-corrected chi connectivity index (χ1v) is 12.5. The lowest BCUT2D eigenvalue weighted by molar-refractivity contribution is -0.134. The molecule has 1 aromatic heterocycles. The second kappa shape index (κ2) is 11.4. The van der Waals surface area contributed by atoms with Crippen LogP contribution in [0.3, 0.4) is 0 Å². The van der Waals surface area contributed by atoms with Crippen LogP contribution in [-0.4, -0.2) is 29.8 Å². The van der Waals surface area contributed by atoms with E-state index >= 15 is 0 Å². The van der Waals surface area contributed by atoms with Gasteiger partial charge in [0, 0.05) is 19.5 Å². The molecule has 0 saturated carbocycles. The highest BCUT2D eigenvalue weighted by atomic mass is 19.1. The number of carbonyl (C=O) groups is 2. The molecule has 0 saturated heterocycles. The maximum atomic E-state index is 13.7. The van der Waals surface area contributed by atoms with E-state index in [1.165, 1.54) is 12.1 Å². The van der Waals surface area contributed by atoms with Crippen LogP contribution in [0.5, 0.6) is 5.75 Å². The minimum absolute atomic E-state index is 0.0840. The lowest BCUT2D eigenvalue weighted by Gasteiger charge is -2.38. The van der Waals surface area contributed by atoms with Crippen molar-refractivity contribution in [3.05, 3.63) is 88.6 Å². The van der Waals surface area contributed by atoms with Crippen LogP contribution in [0.2, 0.25) is 0 Å². The normalized spacial score (nSPS) is 15.0. The number of carbonyl (C=O) groups excluding carboxylic acids is 2. The summed E-state index contributed by atoms with van der Waals surface area (Å²) < 4.78 is 25.3. The molecule has 4 rings (SSSR count). The first-order valence-electron chi connectivity index (χ1n) is 12.5. The van der Waals surface area contributed by atoms with Crippen molar-refractivity contribution < 1.29 is 23.1 Å². The Balaban J connectivity index is 1.56. The minimum Gasteiger partial charge on any atom is -0.486 e.